The van der Waals surface area contributed by atoms with E-state index in [1.165, 1.54) is 25.3 Å². The summed E-state index contributed by atoms with van der Waals surface area (Å²) in [5.74, 6) is 2.14. The van der Waals surface area contributed by atoms with Gasteiger partial charge in [0.05, 0.1) is 16.7 Å². The topological polar surface area (TPSA) is 59.9 Å². The number of H-pyrrole nitrogens is 1. The Balaban J connectivity index is 1.36. The van der Waals surface area contributed by atoms with Gasteiger partial charge in [0.1, 0.15) is 18.2 Å². The number of imidazole rings is 1. The average Bonchev–Trinajstić information content (AvgIpc) is 3.08. The van der Waals surface area contributed by atoms with E-state index in [4.69, 9.17) is 21.3 Å². The van der Waals surface area contributed by atoms with Crippen molar-refractivity contribution in [3.63, 3.8) is 0 Å². The first kappa shape index (κ1) is 18.0. The number of hydrogen-bond acceptors (Lipinski definition) is 3. The molecule has 0 aliphatic heterocycles. The third-order valence-electron chi connectivity index (χ3n) is 5.46. The fourth-order valence-electron chi connectivity index (χ4n) is 3.55. The second-order valence-corrected chi connectivity index (χ2v) is 7.87. The zero-order chi connectivity index (χ0) is 19.8. The van der Waals surface area contributed by atoms with Crippen LogP contribution in [0.25, 0.3) is 16.7 Å². The highest BCUT2D eigenvalue weighted by Crippen LogP contribution is 2.35. The van der Waals surface area contributed by atoms with Crippen molar-refractivity contribution >= 4 is 22.6 Å². The number of nitrogens with zero attached hydrogens (tertiary/aromatic N) is 2. The van der Waals surface area contributed by atoms with E-state index in [1.807, 2.05) is 42.5 Å². The molecule has 29 heavy (non-hydrogen) atoms. The van der Waals surface area contributed by atoms with Gasteiger partial charge in [0, 0.05) is 23.2 Å². The predicted octanol–water partition coefficient (Wildman–Crippen LogP) is 5.21. The Hall–Kier alpha value is -3.05. The zero-order valence-corrected chi connectivity index (χ0v) is 16.5. The highest BCUT2D eigenvalue weighted by Gasteiger charge is 2.22. The number of fused-ring (bicyclic) bond motifs is 1. The van der Waals surface area contributed by atoms with Crippen LogP contribution >= 0.6 is 11.6 Å². The van der Waals surface area contributed by atoms with Crippen molar-refractivity contribution in [2.24, 2.45) is 0 Å². The summed E-state index contributed by atoms with van der Waals surface area (Å²) < 4.78 is 7.36. The molecule has 1 saturated carbocycles. The molecule has 1 N–H and O–H groups in total. The third-order valence-corrected chi connectivity index (χ3v) is 5.72. The van der Waals surface area contributed by atoms with Crippen LogP contribution < -0.4 is 10.3 Å². The maximum atomic E-state index is 12.6. The van der Waals surface area contributed by atoms with Gasteiger partial charge < -0.3 is 9.72 Å². The molecule has 146 valence electrons. The van der Waals surface area contributed by atoms with Crippen LogP contribution in [0.3, 0.4) is 0 Å². The largest absolute Gasteiger partial charge is 0.489 e. The lowest BCUT2D eigenvalue weighted by molar-refractivity contribution is 0.305. The first-order valence-corrected chi connectivity index (χ1v) is 10.1. The van der Waals surface area contributed by atoms with E-state index < -0.39 is 0 Å². The smallest absolute Gasteiger partial charge is 0.258 e. The summed E-state index contributed by atoms with van der Waals surface area (Å²) in [6.45, 7) is 0.380. The minimum atomic E-state index is -0.142. The van der Waals surface area contributed by atoms with E-state index in [0.29, 0.717) is 23.3 Å². The fraction of sp³-hybridized carbons (Fsp3) is 0.217. The second-order valence-electron chi connectivity index (χ2n) is 7.44. The van der Waals surface area contributed by atoms with Crippen LogP contribution in [0.4, 0.5) is 0 Å². The number of hydrogen-bond donors (Lipinski definition) is 1. The van der Waals surface area contributed by atoms with Gasteiger partial charge in [-0.05, 0) is 54.8 Å². The summed E-state index contributed by atoms with van der Waals surface area (Å²) in [6, 6.07) is 16.6. The van der Waals surface area contributed by atoms with Crippen LogP contribution in [-0.4, -0.2) is 14.5 Å². The summed E-state index contributed by atoms with van der Waals surface area (Å²) in [4.78, 5) is 20.8. The van der Waals surface area contributed by atoms with Crippen LogP contribution in [0.1, 0.15) is 36.6 Å². The van der Waals surface area contributed by atoms with Gasteiger partial charge in [0.15, 0.2) is 0 Å². The summed E-state index contributed by atoms with van der Waals surface area (Å²) in [5.41, 5.74) is 3.55. The van der Waals surface area contributed by atoms with E-state index in [9.17, 15) is 4.79 Å². The lowest BCUT2D eigenvalue weighted by Gasteiger charge is -2.22. The summed E-state index contributed by atoms with van der Waals surface area (Å²) in [5, 5.41) is 0.686. The molecule has 6 heteroatoms. The van der Waals surface area contributed by atoms with Gasteiger partial charge in [-0.15, -0.1) is 0 Å². The van der Waals surface area contributed by atoms with Crippen LogP contribution in [-0.2, 0) is 6.61 Å². The Labute approximate surface area is 172 Å². The highest BCUT2D eigenvalue weighted by atomic mass is 35.5. The first-order valence-electron chi connectivity index (χ1n) is 9.76. The molecule has 5 nitrogen and oxygen atoms in total. The number of ether oxygens (including phenoxy) is 1. The minimum absolute atomic E-state index is 0.142. The number of halogens is 1. The summed E-state index contributed by atoms with van der Waals surface area (Å²) in [7, 11) is 0. The van der Waals surface area contributed by atoms with Crippen molar-refractivity contribution in [2.45, 2.75) is 31.8 Å². The van der Waals surface area contributed by atoms with Crippen LogP contribution in [0.2, 0.25) is 5.02 Å². The van der Waals surface area contributed by atoms with Crippen LogP contribution in [0.15, 0.2) is 65.6 Å². The van der Waals surface area contributed by atoms with Gasteiger partial charge in [0.25, 0.3) is 5.56 Å². The minimum Gasteiger partial charge on any atom is -0.489 e. The molecule has 2 heterocycles. The Morgan fingerprint density at radius 3 is 2.66 bits per heavy atom. The average molecular weight is 406 g/mol. The molecule has 4 aromatic rings. The molecule has 0 saturated heterocycles. The van der Waals surface area contributed by atoms with Gasteiger partial charge >= 0.3 is 0 Å². The summed E-state index contributed by atoms with van der Waals surface area (Å²) in [6.07, 6.45) is 5.41. The number of nitrogens with one attached hydrogen (secondary N) is 1. The molecule has 2 aromatic carbocycles. The molecular formula is C23H20ClN3O2. The van der Waals surface area contributed by atoms with E-state index in [0.717, 1.165) is 28.1 Å². The van der Waals surface area contributed by atoms with E-state index in [2.05, 4.69) is 4.98 Å². The molecule has 0 spiro atoms. The number of benzene rings is 2. The number of rotatable bonds is 5. The molecule has 2 aromatic heterocycles. The van der Waals surface area contributed by atoms with Crippen molar-refractivity contribution in [1.29, 1.82) is 0 Å². The van der Waals surface area contributed by atoms with Crippen LogP contribution in [0, 0.1) is 0 Å². The lowest BCUT2D eigenvalue weighted by atomic mass is 9.85. The van der Waals surface area contributed by atoms with Gasteiger partial charge in [-0.1, -0.05) is 30.2 Å². The standard InChI is InChI=1S/C23H20ClN3O2/c24-17-6-4-15(5-7-17)14-29-19-10-11-27(22(28)13-19)18-8-9-20-21(12-18)26-23(25-20)16-2-1-3-16/h4-13,16H,1-3,14H2,(H,25,26). The quantitative estimate of drug-likeness (QED) is 0.495. The molecule has 0 radical (unpaired) electrons. The molecule has 0 bridgehead atoms. The predicted molar refractivity (Wildman–Crippen MR) is 114 cm³/mol. The molecule has 0 unspecified atom stereocenters. The second kappa shape index (κ2) is 7.41. The van der Waals surface area contributed by atoms with Crippen molar-refractivity contribution in [3.05, 3.63) is 87.6 Å². The molecule has 1 aliphatic rings. The fourth-order valence-corrected chi connectivity index (χ4v) is 3.68. The van der Waals surface area contributed by atoms with Gasteiger partial charge in [-0.3, -0.25) is 9.36 Å². The first-order chi connectivity index (χ1) is 14.2. The molecule has 0 atom stereocenters. The monoisotopic (exact) mass is 405 g/mol. The summed E-state index contributed by atoms with van der Waals surface area (Å²) >= 11 is 5.90. The van der Waals surface area contributed by atoms with Gasteiger partial charge in [-0.2, -0.15) is 0 Å². The number of aromatic amines is 1. The van der Waals surface area contributed by atoms with Crippen LogP contribution in [0.5, 0.6) is 5.75 Å². The Bertz CT molecular complexity index is 1220. The van der Waals surface area contributed by atoms with E-state index >= 15 is 0 Å². The third kappa shape index (κ3) is 3.66. The normalized spacial score (nSPS) is 14.1. The molecule has 0 amide bonds. The molecule has 5 rings (SSSR count). The molecular weight excluding hydrogens is 386 g/mol. The van der Waals surface area contributed by atoms with Crippen molar-refractivity contribution < 1.29 is 4.74 Å². The van der Waals surface area contributed by atoms with E-state index in [-0.39, 0.29) is 5.56 Å². The Morgan fingerprint density at radius 1 is 1.10 bits per heavy atom. The maximum absolute atomic E-state index is 12.6. The lowest BCUT2D eigenvalue weighted by Crippen LogP contribution is -2.16. The van der Waals surface area contributed by atoms with Gasteiger partial charge in [0.2, 0.25) is 0 Å². The molecule has 1 aliphatic carbocycles. The Morgan fingerprint density at radius 2 is 1.93 bits per heavy atom. The van der Waals surface area contributed by atoms with Crippen molar-refractivity contribution in [1.82, 2.24) is 14.5 Å². The highest BCUT2D eigenvalue weighted by molar-refractivity contribution is 6.30. The molecule has 1 fully saturated rings. The van der Waals surface area contributed by atoms with Gasteiger partial charge in [-0.25, -0.2) is 4.98 Å². The number of aromatic nitrogens is 3. The zero-order valence-electron chi connectivity index (χ0n) is 15.8. The maximum Gasteiger partial charge on any atom is 0.258 e. The van der Waals surface area contributed by atoms with E-state index in [1.54, 1.807) is 16.8 Å². The SMILES string of the molecule is O=c1cc(OCc2ccc(Cl)cc2)ccn1-c1ccc2nc(C3CCC3)[nH]c2c1. The van der Waals surface area contributed by atoms with Crippen molar-refractivity contribution in [3.8, 4) is 11.4 Å². The van der Waals surface area contributed by atoms with Crippen molar-refractivity contribution in [2.75, 3.05) is 0 Å². The number of pyridine rings is 1. The Kier molecular flexibility index (Phi) is 4.60.